The number of fused-ring (bicyclic) bond motifs is 1. The standard InChI is InChI=1S/C18H24N2O5S/c1-18(2,3)26(23,24)19-11-5-4-6-16(21)20-14-8-9-15-13(12-14)7-10-17(22)25-15/h7-10,12,19H,4-6,11H2,1-3H3,(H,20,21). The van der Waals surface area contributed by atoms with Crippen LogP contribution >= 0.6 is 0 Å². The minimum absolute atomic E-state index is 0.152. The molecule has 0 bridgehead atoms. The quantitative estimate of drug-likeness (QED) is 0.567. The maximum atomic E-state index is 12.0. The molecule has 26 heavy (non-hydrogen) atoms. The number of nitrogens with one attached hydrogen (secondary N) is 2. The summed E-state index contributed by atoms with van der Waals surface area (Å²) in [5.41, 5.74) is 0.655. The van der Waals surface area contributed by atoms with Gasteiger partial charge in [-0.3, -0.25) is 4.79 Å². The lowest BCUT2D eigenvalue weighted by molar-refractivity contribution is -0.116. The summed E-state index contributed by atoms with van der Waals surface area (Å²) >= 11 is 0. The van der Waals surface area contributed by atoms with Crippen molar-refractivity contribution in [2.45, 2.75) is 44.8 Å². The molecule has 0 unspecified atom stereocenters. The Bertz CT molecular complexity index is 942. The first-order chi connectivity index (χ1) is 12.1. The van der Waals surface area contributed by atoms with Gasteiger partial charge in [-0.05, 0) is 57.9 Å². The van der Waals surface area contributed by atoms with Crippen LogP contribution in [0.25, 0.3) is 11.0 Å². The predicted octanol–water partition coefficient (Wildman–Crippen LogP) is 2.62. The second-order valence-corrected chi connectivity index (χ2v) is 9.54. The van der Waals surface area contributed by atoms with Crippen LogP contribution in [-0.2, 0) is 14.8 Å². The zero-order chi connectivity index (χ0) is 19.4. The Labute approximate surface area is 152 Å². The van der Waals surface area contributed by atoms with Crippen LogP contribution in [0.3, 0.4) is 0 Å². The third-order valence-corrected chi connectivity index (χ3v) is 6.03. The summed E-state index contributed by atoms with van der Waals surface area (Å²) in [4.78, 5) is 23.2. The van der Waals surface area contributed by atoms with E-state index < -0.39 is 20.4 Å². The molecule has 1 aromatic heterocycles. The van der Waals surface area contributed by atoms with E-state index in [9.17, 15) is 18.0 Å². The zero-order valence-corrected chi connectivity index (χ0v) is 16.0. The summed E-state index contributed by atoms with van der Waals surface area (Å²) < 4.78 is 30.5. The molecule has 8 heteroatoms. The van der Waals surface area contributed by atoms with Gasteiger partial charge in [-0.25, -0.2) is 17.9 Å². The molecule has 0 fully saturated rings. The summed E-state index contributed by atoms with van der Waals surface area (Å²) in [6.45, 7) is 5.22. The Hall–Kier alpha value is -2.19. The first kappa shape index (κ1) is 20.1. The molecule has 2 rings (SSSR count). The molecule has 2 aromatic rings. The van der Waals surface area contributed by atoms with Gasteiger partial charge in [0.15, 0.2) is 0 Å². The topological polar surface area (TPSA) is 105 Å². The Balaban J connectivity index is 1.79. The van der Waals surface area contributed by atoms with Gasteiger partial charge in [-0.1, -0.05) is 0 Å². The smallest absolute Gasteiger partial charge is 0.336 e. The summed E-state index contributed by atoms with van der Waals surface area (Å²) in [5.74, 6) is -0.152. The monoisotopic (exact) mass is 380 g/mol. The molecule has 0 radical (unpaired) electrons. The van der Waals surface area contributed by atoms with Gasteiger partial charge in [0.2, 0.25) is 15.9 Å². The van der Waals surface area contributed by atoms with Crippen molar-refractivity contribution in [2.75, 3.05) is 11.9 Å². The third-order valence-electron chi connectivity index (χ3n) is 3.83. The molecule has 0 saturated carbocycles. The van der Waals surface area contributed by atoms with E-state index in [-0.39, 0.29) is 5.91 Å². The van der Waals surface area contributed by atoms with Crippen LogP contribution in [-0.4, -0.2) is 25.6 Å². The summed E-state index contributed by atoms with van der Waals surface area (Å²) in [7, 11) is -3.35. The van der Waals surface area contributed by atoms with E-state index in [0.717, 1.165) is 5.39 Å². The summed E-state index contributed by atoms with van der Waals surface area (Å²) in [5, 5.41) is 3.50. The number of hydrogen-bond acceptors (Lipinski definition) is 5. The Morgan fingerprint density at radius 3 is 2.54 bits per heavy atom. The van der Waals surface area contributed by atoms with Crippen molar-refractivity contribution in [3.05, 3.63) is 40.8 Å². The maximum absolute atomic E-state index is 12.0. The van der Waals surface area contributed by atoms with Crippen molar-refractivity contribution in [2.24, 2.45) is 0 Å². The van der Waals surface area contributed by atoms with Crippen molar-refractivity contribution in [3.63, 3.8) is 0 Å². The molecule has 0 atom stereocenters. The molecule has 2 N–H and O–H groups in total. The Morgan fingerprint density at radius 2 is 1.85 bits per heavy atom. The van der Waals surface area contributed by atoms with Crippen LogP contribution in [0.1, 0.15) is 40.0 Å². The van der Waals surface area contributed by atoms with Crippen molar-refractivity contribution < 1.29 is 17.6 Å². The molecule has 1 heterocycles. The molecule has 1 amide bonds. The van der Waals surface area contributed by atoms with Gasteiger partial charge in [-0.15, -0.1) is 0 Å². The number of carbonyl (C=O) groups excluding carboxylic acids is 1. The highest BCUT2D eigenvalue weighted by molar-refractivity contribution is 7.90. The van der Waals surface area contributed by atoms with Crippen LogP contribution < -0.4 is 15.7 Å². The Kier molecular flexibility index (Phi) is 6.20. The lowest BCUT2D eigenvalue weighted by Crippen LogP contribution is -2.39. The molecule has 0 aliphatic rings. The number of anilines is 1. The van der Waals surface area contributed by atoms with Crippen LogP contribution in [0.5, 0.6) is 0 Å². The number of sulfonamides is 1. The molecule has 0 aliphatic heterocycles. The number of rotatable bonds is 7. The number of unbranched alkanes of at least 4 members (excludes halogenated alkanes) is 1. The van der Waals surface area contributed by atoms with Gasteiger partial charge < -0.3 is 9.73 Å². The molecular formula is C18H24N2O5S. The van der Waals surface area contributed by atoms with E-state index in [1.165, 1.54) is 6.07 Å². The second kappa shape index (κ2) is 8.01. The van der Waals surface area contributed by atoms with Gasteiger partial charge in [-0.2, -0.15) is 0 Å². The number of amides is 1. The summed E-state index contributed by atoms with van der Waals surface area (Å²) in [6.07, 6.45) is 1.44. The summed E-state index contributed by atoms with van der Waals surface area (Å²) in [6, 6.07) is 7.99. The van der Waals surface area contributed by atoms with Gasteiger partial charge in [0.1, 0.15) is 5.58 Å². The van der Waals surface area contributed by atoms with Crippen LogP contribution in [0, 0.1) is 0 Å². The van der Waals surface area contributed by atoms with E-state index in [1.54, 1.807) is 45.0 Å². The van der Waals surface area contributed by atoms with Crippen LogP contribution in [0.4, 0.5) is 5.69 Å². The lowest BCUT2D eigenvalue weighted by atomic mass is 10.2. The first-order valence-corrected chi connectivity index (χ1v) is 9.90. The lowest BCUT2D eigenvalue weighted by Gasteiger charge is -2.19. The average Bonchev–Trinajstić information content (AvgIpc) is 2.53. The first-order valence-electron chi connectivity index (χ1n) is 8.41. The highest BCUT2D eigenvalue weighted by atomic mass is 32.2. The second-order valence-electron chi connectivity index (χ2n) is 7.02. The third kappa shape index (κ3) is 5.40. The zero-order valence-electron chi connectivity index (χ0n) is 15.2. The van der Waals surface area contributed by atoms with Crippen molar-refractivity contribution in [1.29, 1.82) is 0 Å². The maximum Gasteiger partial charge on any atom is 0.336 e. The van der Waals surface area contributed by atoms with E-state index >= 15 is 0 Å². The molecule has 0 saturated heterocycles. The number of carbonyl (C=O) groups is 1. The minimum Gasteiger partial charge on any atom is -0.423 e. The van der Waals surface area contributed by atoms with E-state index in [0.29, 0.717) is 37.1 Å². The van der Waals surface area contributed by atoms with Gasteiger partial charge >= 0.3 is 5.63 Å². The Morgan fingerprint density at radius 1 is 1.12 bits per heavy atom. The highest BCUT2D eigenvalue weighted by Crippen LogP contribution is 2.18. The fourth-order valence-corrected chi connectivity index (χ4v) is 3.05. The van der Waals surface area contributed by atoms with Crippen LogP contribution in [0.15, 0.2) is 39.5 Å². The van der Waals surface area contributed by atoms with Gasteiger partial charge in [0.25, 0.3) is 0 Å². The average molecular weight is 380 g/mol. The van der Waals surface area contributed by atoms with Gasteiger partial charge in [0, 0.05) is 30.1 Å². The molecule has 142 valence electrons. The van der Waals surface area contributed by atoms with Crippen LogP contribution in [0.2, 0.25) is 0 Å². The fourth-order valence-electron chi connectivity index (χ4n) is 2.21. The largest absolute Gasteiger partial charge is 0.423 e. The van der Waals surface area contributed by atoms with E-state index in [1.807, 2.05) is 0 Å². The predicted molar refractivity (Wildman–Crippen MR) is 102 cm³/mol. The normalized spacial score (nSPS) is 12.3. The minimum atomic E-state index is -3.35. The molecule has 0 spiro atoms. The molecular weight excluding hydrogens is 356 g/mol. The fraction of sp³-hybridized carbons (Fsp3) is 0.444. The van der Waals surface area contributed by atoms with Crippen molar-refractivity contribution in [3.8, 4) is 0 Å². The highest BCUT2D eigenvalue weighted by Gasteiger charge is 2.27. The molecule has 7 nitrogen and oxygen atoms in total. The van der Waals surface area contributed by atoms with Gasteiger partial charge in [0.05, 0.1) is 4.75 Å². The number of benzene rings is 1. The molecule has 0 aliphatic carbocycles. The van der Waals surface area contributed by atoms with Crippen molar-refractivity contribution in [1.82, 2.24) is 4.72 Å². The van der Waals surface area contributed by atoms with E-state index in [2.05, 4.69) is 10.0 Å². The number of hydrogen-bond donors (Lipinski definition) is 2. The SMILES string of the molecule is CC(C)(C)S(=O)(=O)NCCCCC(=O)Nc1ccc2oc(=O)ccc2c1. The van der Waals surface area contributed by atoms with E-state index in [4.69, 9.17) is 4.42 Å². The molecule has 1 aromatic carbocycles. The van der Waals surface area contributed by atoms with Crippen molar-refractivity contribution >= 4 is 32.6 Å².